The van der Waals surface area contributed by atoms with Crippen LogP contribution in [0.3, 0.4) is 0 Å². The lowest BCUT2D eigenvalue weighted by molar-refractivity contribution is -0.369. The van der Waals surface area contributed by atoms with Crippen LogP contribution in [0.25, 0.3) is 0 Å². The molecule has 2 nitrogen and oxygen atoms in total. The fraction of sp³-hybridized carbons (Fsp3) is 0.308. The summed E-state index contributed by atoms with van der Waals surface area (Å²) >= 11 is 7.46. The molecule has 17 heavy (non-hydrogen) atoms. The number of thiazole rings is 1. The minimum Gasteiger partial charge on any atom is -0.278 e. The summed E-state index contributed by atoms with van der Waals surface area (Å²) in [6.07, 6.45) is 0. The quantitative estimate of drug-likeness (QED) is 0.907. The minimum atomic E-state index is 0.334. The zero-order valence-corrected chi connectivity index (χ0v) is 11.5. The van der Waals surface area contributed by atoms with Crippen LogP contribution in [0.4, 0.5) is 5.13 Å². The molecule has 0 amide bonds. The van der Waals surface area contributed by atoms with Gasteiger partial charge in [0, 0.05) is 16.3 Å². The molecule has 0 radical (unpaired) electrons. The van der Waals surface area contributed by atoms with Gasteiger partial charge in [0.2, 0.25) is 0 Å². The van der Waals surface area contributed by atoms with E-state index in [0.29, 0.717) is 11.8 Å². The molecule has 1 aromatic carbocycles. The molecule has 0 aliphatic carbocycles. The first-order valence-corrected chi connectivity index (χ1v) is 6.85. The van der Waals surface area contributed by atoms with Crippen molar-refractivity contribution in [3.63, 3.8) is 0 Å². The van der Waals surface area contributed by atoms with Gasteiger partial charge in [0.05, 0.1) is 0 Å². The van der Waals surface area contributed by atoms with E-state index in [4.69, 9.17) is 17.3 Å². The first-order chi connectivity index (χ1) is 8.08. The fourth-order valence-electron chi connectivity index (χ4n) is 2.07. The molecule has 0 saturated carbocycles. The Morgan fingerprint density at radius 2 is 1.88 bits per heavy atom. The lowest BCUT2D eigenvalue weighted by Crippen LogP contribution is -2.18. The molecule has 1 atom stereocenters. The molecule has 90 valence electrons. The Morgan fingerprint density at radius 1 is 1.24 bits per heavy atom. The Hall–Kier alpha value is -1.06. The number of H-pyrrole nitrogens is 1. The highest BCUT2D eigenvalue weighted by molar-refractivity contribution is 7.13. The second-order valence-electron chi connectivity index (χ2n) is 4.45. The molecule has 0 spiro atoms. The van der Waals surface area contributed by atoms with Gasteiger partial charge in [-0.15, -0.1) is 0 Å². The SMILES string of the molecule is CC(C)C(c1ccc(Cl)cc1)c1csc(N)[nH+]1. The van der Waals surface area contributed by atoms with Crippen LogP contribution < -0.4 is 10.7 Å². The lowest BCUT2D eigenvalue weighted by Gasteiger charge is -2.18. The third-order valence-corrected chi connectivity index (χ3v) is 3.79. The van der Waals surface area contributed by atoms with Crippen LogP contribution in [0.15, 0.2) is 29.6 Å². The number of nitrogen functional groups attached to an aromatic ring is 1. The van der Waals surface area contributed by atoms with E-state index in [1.807, 2.05) is 12.1 Å². The topological polar surface area (TPSA) is 40.2 Å². The van der Waals surface area contributed by atoms with Gasteiger partial charge in [-0.25, -0.2) is 4.98 Å². The molecule has 2 aromatic rings. The Morgan fingerprint density at radius 3 is 2.35 bits per heavy atom. The van der Waals surface area contributed by atoms with E-state index in [2.05, 4.69) is 36.3 Å². The predicted octanol–water partition coefficient (Wildman–Crippen LogP) is 3.59. The summed E-state index contributed by atoms with van der Waals surface area (Å²) in [7, 11) is 0. The van der Waals surface area contributed by atoms with Crippen molar-refractivity contribution in [1.82, 2.24) is 0 Å². The molecule has 0 fully saturated rings. The first kappa shape index (κ1) is 12.4. The van der Waals surface area contributed by atoms with Crippen molar-refractivity contribution in [2.24, 2.45) is 5.92 Å². The van der Waals surface area contributed by atoms with Gasteiger partial charge in [0.1, 0.15) is 5.69 Å². The summed E-state index contributed by atoms with van der Waals surface area (Å²) in [5.74, 6) is 0.835. The smallest absolute Gasteiger partial charge is 0.278 e. The zero-order valence-electron chi connectivity index (χ0n) is 9.91. The van der Waals surface area contributed by atoms with Crippen LogP contribution in [-0.4, -0.2) is 0 Å². The molecule has 4 heteroatoms. The van der Waals surface area contributed by atoms with E-state index in [9.17, 15) is 0 Å². The average molecular weight is 268 g/mol. The van der Waals surface area contributed by atoms with Gasteiger partial charge in [-0.05, 0) is 23.6 Å². The molecule has 2 rings (SSSR count). The third kappa shape index (κ3) is 2.79. The van der Waals surface area contributed by atoms with Crippen molar-refractivity contribution in [3.8, 4) is 0 Å². The van der Waals surface area contributed by atoms with Gasteiger partial charge in [0.25, 0.3) is 0 Å². The number of halogens is 1. The highest BCUT2D eigenvalue weighted by Gasteiger charge is 2.22. The normalized spacial score (nSPS) is 12.9. The Bertz CT molecular complexity index is 490. The van der Waals surface area contributed by atoms with Gasteiger partial charge in [-0.1, -0.05) is 48.9 Å². The maximum absolute atomic E-state index is 5.92. The van der Waals surface area contributed by atoms with Crippen molar-refractivity contribution >= 4 is 28.1 Å². The minimum absolute atomic E-state index is 0.334. The van der Waals surface area contributed by atoms with E-state index in [-0.39, 0.29) is 0 Å². The van der Waals surface area contributed by atoms with Gasteiger partial charge in [0.15, 0.2) is 0 Å². The third-order valence-electron chi connectivity index (χ3n) is 2.81. The van der Waals surface area contributed by atoms with Crippen molar-refractivity contribution < 1.29 is 4.98 Å². The summed E-state index contributed by atoms with van der Waals surface area (Å²) in [4.78, 5) is 3.23. The summed E-state index contributed by atoms with van der Waals surface area (Å²) in [6.45, 7) is 4.42. The van der Waals surface area contributed by atoms with Crippen LogP contribution in [0.1, 0.15) is 31.0 Å². The van der Waals surface area contributed by atoms with Gasteiger partial charge < -0.3 is 0 Å². The predicted molar refractivity (Wildman–Crippen MR) is 73.4 cm³/mol. The Kier molecular flexibility index (Phi) is 3.69. The Labute approximate surface area is 110 Å². The van der Waals surface area contributed by atoms with Crippen molar-refractivity contribution in [1.29, 1.82) is 0 Å². The molecule has 1 aromatic heterocycles. The van der Waals surface area contributed by atoms with Crippen LogP contribution in [0, 0.1) is 5.92 Å². The first-order valence-electron chi connectivity index (χ1n) is 5.59. The largest absolute Gasteiger partial charge is 0.329 e. The average Bonchev–Trinajstić information content (AvgIpc) is 2.68. The number of anilines is 1. The van der Waals surface area contributed by atoms with E-state index in [1.165, 1.54) is 11.3 Å². The highest BCUT2D eigenvalue weighted by Crippen LogP contribution is 2.31. The van der Waals surface area contributed by atoms with E-state index in [1.54, 1.807) is 11.3 Å². The van der Waals surface area contributed by atoms with Crippen molar-refractivity contribution in [3.05, 3.63) is 45.9 Å². The molecule has 0 bridgehead atoms. The monoisotopic (exact) mass is 267 g/mol. The van der Waals surface area contributed by atoms with Crippen molar-refractivity contribution in [2.75, 3.05) is 5.73 Å². The molecule has 0 saturated heterocycles. The lowest BCUT2D eigenvalue weighted by atomic mass is 9.86. The van der Waals surface area contributed by atoms with E-state index >= 15 is 0 Å². The maximum atomic E-state index is 5.92. The summed E-state index contributed by atoms with van der Waals surface area (Å²) in [5, 5.41) is 3.61. The summed E-state index contributed by atoms with van der Waals surface area (Å²) < 4.78 is 0. The molecule has 1 unspecified atom stereocenters. The number of benzene rings is 1. The van der Waals surface area contributed by atoms with Gasteiger partial charge in [-0.2, -0.15) is 0 Å². The number of hydrogen-bond donors (Lipinski definition) is 1. The molecule has 1 heterocycles. The second-order valence-corrected chi connectivity index (χ2v) is 5.80. The van der Waals surface area contributed by atoms with Crippen LogP contribution >= 0.6 is 22.9 Å². The van der Waals surface area contributed by atoms with Crippen molar-refractivity contribution in [2.45, 2.75) is 19.8 Å². The molecular formula is C13H16ClN2S+. The molecular weight excluding hydrogens is 252 g/mol. The second kappa shape index (κ2) is 5.07. The number of hydrogen-bond acceptors (Lipinski definition) is 2. The Balaban J connectivity index is 2.39. The van der Waals surface area contributed by atoms with Crippen LogP contribution in [-0.2, 0) is 0 Å². The number of aromatic amines is 1. The number of rotatable bonds is 3. The van der Waals surface area contributed by atoms with Crippen LogP contribution in [0.5, 0.6) is 0 Å². The highest BCUT2D eigenvalue weighted by atomic mass is 35.5. The summed E-state index contributed by atoms with van der Waals surface area (Å²) in [6, 6.07) is 8.02. The van der Waals surface area contributed by atoms with Gasteiger partial charge in [-0.3, -0.25) is 5.73 Å². The maximum Gasteiger partial charge on any atom is 0.329 e. The number of nitrogens with two attached hydrogens (primary N) is 1. The summed E-state index contributed by atoms with van der Waals surface area (Å²) in [5.41, 5.74) is 8.19. The van der Waals surface area contributed by atoms with Gasteiger partial charge >= 0.3 is 5.13 Å². The molecule has 3 N–H and O–H groups in total. The zero-order chi connectivity index (χ0) is 12.4. The number of nitrogens with one attached hydrogen (secondary N) is 1. The molecule has 0 aliphatic heterocycles. The molecule has 0 aliphatic rings. The fourth-order valence-corrected chi connectivity index (χ4v) is 2.84. The van der Waals surface area contributed by atoms with Crippen LogP contribution in [0.2, 0.25) is 5.02 Å². The number of aromatic nitrogens is 1. The standard InChI is InChI=1S/C13H15ClN2S/c1-8(2)12(11-7-17-13(15)16-11)9-3-5-10(14)6-4-9/h3-8,12H,1-2H3,(H2,15,16)/p+1. The van der Waals surface area contributed by atoms with E-state index in [0.717, 1.165) is 10.2 Å². The van der Waals surface area contributed by atoms with E-state index < -0.39 is 0 Å².